The van der Waals surface area contributed by atoms with Crippen molar-refractivity contribution in [2.45, 2.75) is 0 Å². The second-order valence-corrected chi connectivity index (χ2v) is 3.90. The van der Waals surface area contributed by atoms with Crippen molar-refractivity contribution in [1.29, 1.82) is 5.26 Å². The molecule has 0 spiro atoms. The van der Waals surface area contributed by atoms with Crippen molar-refractivity contribution in [3.8, 4) is 6.07 Å². The topological polar surface area (TPSA) is 35.8 Å². The molecule has 2 aromatic carbocycles. The Labute approximate surface area is 107 Å². The van der Waals surface area contributed by atoms with Crippen LogP contribution in [0.1, 0.15) is 5.56 Å². The van der Waals surface area contributed by atoms with E-state index in [2.05, 4.69) is 5.32 Å². The van der Waals surface area contributed by atoms with Crippen LogP contribution in [0.25, 0.3) is 0 Å². The molecule has 0 fully saturated rings. The number of nitrogens with one attached hydrogen (secondary N) is 1. The molecule has 0 aromatic heterocycles. The van der Waals surface area contributed by atoms with Gasteiger partial charge in [0.1, 0.15) is 23.3 Å². The van der Waals surface area contributed by atoms with E-state index in [1.165, 1.54) is 30.3 Å². The number of hydrogen-bond donors (Lipinski definition) is 1. The molecule has 2 nitrogen and oxygen atoms in total. The molecule has 90 valence electrons. The maximum Gasteiger partial charge on any atom is 0.148 e. The summed E-state index contributed by atoms with van der Waals surface area (Å²) in [4.78, 5) is 0. The predicted molar refractivity (Wildman–Crippen MR) is 65.8 cm³/mol. The Bertz CT molecular complexity index is 615. The molecule has 0 bridgehead atoms. The molecule has 5 heteroatoms. The lowest BCUT2D eigenvalue weighted by atomic mass is 10.1. The molecule has 0 saturated heterocycles. The Morgan fingerprint density at radius 2 is 1.72 bits per heavy atom. The zero-order chi connectivity index (χ0) is 13.1. The lowest BCUT2D eigenvalue weighted by Gasteiger charge is -2.10. The van der Waals surface area contributed by atoms with E-state index in [1.807, 2.05) is 0 Å². The number of nitrogens with zero attached hydrogens (tertiary/aromatic N) is 1. The van der Waals surface area contributed by atoms with E-state index >= 15 is 0 Å². The standard InChI is InChI=1S/C13H7ClF2N2/c14-9-3-1-5-11(16)13(9)18-12-6-2-4-10(15)8(12)7-17/h1-6,18H. The highest BCUT2D eigenvalue weighted by Crippen LogP contribution is 2.30. The summed E-state index contributed by atoms with van der Waals surface area (Å²) in [5.41, 5.74) is 0.00239. The van der Waals surface area contributed by atoms with Crippen LogP contribution in [0.15, 0.2) is 36.4 Å². The summed E-state index contributed by atoms with van der Waals surface area (Å²) in [6.45, 7) is 0. The van der Waals surface area contributed by atoms with Gasteiger partial charge in [0.15, 0.2) is 0 Å². The van der Waals surface area contributed by atoms with Gasteiger partial charge >= 0.3 is 0 Å². The molecule has 2 rings (SSSR count). The minimum Gasteiger partial charge on any atom is -0.351 e. The summed E-state index contributed by atoms with van der Waals surface area (Å²) in [5, 5.41) is 11.6. The van der Waals surface area contributed by atoms with Gasteiger partial charge in [0, 0.05) is 0 Å². The normalized spacial score (nSPS) is 9.89. The average molecular weight is 265 g/mol. The van der Waals surface area contributed by atoms with Crippen LogP contribution in [-0.2, 0) is 0 Å². The van der Waals surface area contributed by atoms with Crippen LogP contribution in [0.5, 0.6) is 0 Å². The van der Waals surface area contributed by atoms with E-state index in [0.717, 1.165) is 6.07 Å². The lowest BCUT2D eigenvalue weighted by Crippen LogP contribution is -1.98. The lowest BCUT2D eigenvalue weighted by molar-refractivity contribution is 0.623. The third-order valence-electron chi connectivity index (χ3n) is 2.35. The summed E-state index contributed by atoms with van der Waals surface area (Å²) < 4.78 is 26.9. The predicted octanol–water partition coefficient (Wildman–Crippen LogP) is 4.23. The first-order valence-electron chi connectivity index (χ1n) is 5.03. The molecule has 0 radical (unpaired) electrons. The van der Waals surface area contributed by atoms with Crippen LogP contribution in [0, 0.1) is 23.0 Å². The summed E-state index contributed by atoms with van der Waals surface area (Å²) >= 11 is 5.84. The molecule has 0 saturated carbocycles. The van der Waals surface area contributed by atoms with E-state index in [9.17, 15) is 8.78 Å². The molecule has 0 heterocycles. The SMILES string of the molecule is N#Cc1c(F)cccc1Nc1c(F)cccc1Cl. The van der Waals surface area contributed by atoms with E-state index < -0.39 is 11.6 Å². The molecule has 0 aliphatic heterocycles. The van der Waals surface area contributed by atoms with Crippen molar-refractivity contribution in [3.63, 3.8) is 0 Å². The van der Waals surface area contributed by atoms with E-state index in [1.54, 1.807) is 6.07 Å². The highest BCUT2D eigenvalue weighted by Gasteiger charge is 2.12. The quantitative estimate of drug-likeness (QED) is 0.881. The van der Waals surface area contributed by atoms with Crippen molar-refractivity contribution in [3.05, 3.63) is 58.6 Å². The maximum absolute atomic E-state index is 13.5. The fourth-order valence-electron chi connectivity index (χ4n) is 1.49. The molecule has 0 atom stereocenters. The van der Waals surface area contributed by atoms with Crippen LogP contribution in [-0.4, -0.2) is 0 Å². The molecule has 1 N–H and O–H groups in total. The van der Waals surface area contributed by atoms with Gasteiger partial charge in [-0.3, -0.25) is 0 Å². The van der Waals surface area contributed by atoms with Crippen LogP contribution >= 0.6 is 11.6 Å². The number of nitriles is 1. The number of rotatable bonds is 2. The fourth-order valence-corrected chi connectivity index (χ4v) is 1.70. The van der Waals surface area contributed by atoms with Crippen LogP contribution in [0.4, 0.5) is 20.2 Å². The number of para-hydroxylation sites is 1. The second kappa shape index (κ2) is 5.03. The smallest absolute Gasteiger partial charge is 0.148 e. The van der Waals surface area contributed by atoms with Crippen LogP contribution < -0.4 is 5.32 Å². The van der Waals surface area contributed by atoms with Crippen LogP contribution in [0.3, 0.4) is 0 Å². The highest BCUT2D eigenvalue weighted by atomic mass is 35.5. The first kappa shape index (κ1) is 12.3. The average Bonchev–Trinajstić information content (AvgIpc) is 2.34. The Balaban J connectivity index is 2.48. The minimum absolute atomic E-state index is 0.0151. The summed E-state index contributed by atoms with van der Waals surface area (Å²) in [6.07, 6.45) is 0. The van der Waals surface area contributed by atoms with Crippen LogP contribution in [0.2, 0.25) is 5.02 Å². The van der Waals surface area contributed by atoms with E-state index in [-0.39, 0.29) is 22.0 Å². The Morgan fingerprint density at radius 1 is 1.06 bits per heavy atom. The van der Waals surface area contributed by atoms with Crippen molar-refractivity contribution in [1.82, 2.24) is 0 Å². The number of halogens is 3. The number of benzene rings is 2. The zero-order valence-corrected chi connectivity index (χ0v) is 9.80. The van der Waals surface area contributed by atoms with Gasteiger partial charge in [-0.25, -0.2) is 8.78 Å². The van der Waals surface area contributed by atoms with Gasteiger partial charge in [-0.1, -0.05) is 23.7 Å². The summed E-state index contributed by atoms with van der Waals surface area (Å²) in [7, 11) is 0. The van der Waals surface area contributed by atoms with Gasteiger partial charge in [-0.05, 0) is 24.3 Å². The van der Waals surface area contributed by atoms with Gasteiger partial charge in [-0.15, -0.1) is 0 Å². The van der Waals surface area contributed by atoms with Gasteiger partial charge < -0.3 is 5.32 Å². The third kappa shape index (κ3) is 2.27. The third-order valence-corrected chi connectivity index (χ3v) is 2.66. The zero-order valence-electron chi connectivity index (χ0n) is 9.05. The number of hydrogen-bond acceptors (Lipinski definition) is 2. The fraction of sp³-hybridized carbons (Fsp3) is 0. The van der Waals surface area contributed by atoms with Crippen molar-refractivity contribution in [2.24, 2.45) is 0 Å². The summed E-state index contributed by atoms with van der Waals surface area (Å²) in [5.74, 6) is -1.24. The van der Waals surface area contributed by atoms with Gasteiger partial charge in [0.05, 0.1) is 16.4 Å². The first-order valence-corrected chi connectivity index (χ1v) is 5.41. The number of anilines is 2. The maximum atomic E-state index is 13.5. The molecule has 18 heavy (non-hydrogen) atoms. The monoisotopic (exact) mass is 264 g/mol. The molecular weight excluding hydrogens is 258 g/mol. The molecule has 0 aliphatic rings. The molecule has 2 aromatic rings. The van der Waals surface area contributed by atoms with Gasteiger partial charge in [0.2, 0.25) is 0 Å². The first-order chi connectivity index (χ1) is 8.63. The highest BCUT2D eigenvalue weighted by molar-refractivity contribution is 6.33. The summed E-state index contributed by atoms with van der Waals surface area (Å²) in [6, 6.07) is 9.96. The molecular formula is C13H7ClF2N2. The molecule has 0 unspecified atom stereocenters. The van der Waals surface area contributed by atoms with E-state index in [0.29, 0.717) is 0 Å². The largest absolute Gasteiger partial charge is 0.351 e. The Morgan fingerprint density at radius 3 is 2.39 bits per heavy atom. The molecule has 0 aliphatic carbocycles. The van der Waals surface area contributed by atoms with E-state index in [4.69, 9.17) is 16.9 Å². The Hall–Kier alpha value is -2.12. The minimum atomic E-state index is -0.671. The van der Waals surface area contributed by atoms with Gasteiger partial charge in [-0.2, -0.15) is 5.26 Å². The van der Waals surface area contributed by atoms with Crippen molar-refractivity contribution < 1.29 is 8.78 Å². The Kier molecular flexibility index (Phi) is 3.45. The van der Waals surface area contributed by atoms with Gasteiger partial charge in [0.25, 0.3) is 0 Å². The van der Waals surface area contributed by atoms with Crippen molar-refractivity contribution >= 4 is 23.0 Å². The molecule has 0 amide bonds. The second-order valence-electron chi connectivity index (χ2n) is 3.50. The van der Waals surface area contributed by atoms with Crippen molar-refractivity contribution in [2.75, 3.05) is 5.32 Å².